The molecule has 0 aliphatic rings. The molecular weight excluding hydrogens is 243 g/mol. The summed E-state index contributed by atoms with van der Waals surface area (Å²) < 4.78 is 0. The van der Waals surface area contributed by atoms with E-state index in [4.69, 9.17) is 0 Å². The number of hydrogen-bond acceptors (Lipinski definition) is 4. The third-order valence-corrected chi connectivity index (χ3v) is 1.47. The minimum Gasteiger partial charge on any atom is -0.550 e. The third-order valence-electron chi connectivity index (χ3n) is 1.47. The number of carboxylic acid groups (broad SMARTS) is 2. The molecule has 0 atom stereocenters. The average molecular weight is 261 g/mol. The Kier molecular flexibility index (Phi) is 21.1. The number of aliphatic carboxylic acids is 2. The van der Waals surface area contributed by atoms with Crippen molar-refractivity contribution in [2.75, 3.05) is 0 Å². The van der Waals surface area contributed by atoms with Gasteiger partial charge in [0, 0.05) is 11.9 Å². The molecule has 92 valence electrons. The van der Waals surface area contributed by atoms with E-state index >= 15 is 0 Å². The van der Waals surface area contributed by atoms with Crippen molar-refractivity contribution in [2.24, 2.45) is 0 Å². The summed E-state index contributed by atoms with van der Waals surface area (Å²) in [5.41, 5.74) is 0. The van der Waals surface area contributed by atoms with Crippen molar-refractivity contribution in [3.8, 4) is 0 Å². The van der Waals surface area contributed by atoms with E-state index < -0.39 is 11.9 Å². The molecule has 0 saturated heterocycles. The second-order valence-corrected chi connectivity index (χ2v) is 2.95. The molecular formula is C10H18NiO4. The molecule has 15 heavy (non-hydrogen) atoms. The van der Waals surface area contributed by atoms with Crippen LogP contribution in [0.5, 0.6) is 0 Å². The molecule has 0 aromatic heterocycles. The number of carbonyl (C=O) groups excluding carboxylic acids is 2. The number of unbranched alkanes of at least 4 members (excludes halogenated alkanes) is 2. The van der Waals surface area contributed by atoms with E-state index in [0.29, 0.717) is 0 Å². The summed E-state index contributed by atoms with van der Waals surface area (Å²) in [6.07, 6.45) is 3.74. The molecule has 0 amide bonds. The van der Waals surface area contributed by atoms with Crippen molar-refractivity contribution in [3.63, 3.8) is 0 Å². The van der Waals surface area contributed by atoms with Crippen LogP contribution in [0.15, 0.2) is 0 Å². The van der Waals surface area contributed by atoms with Gasteiger partial charge in [-0.05, 0) is 25.7 Å². The predicted octanol–water partition coefficient (Wildman–Crippen LogP) is -0.149. The average Bonchev–Trinajstić information content (AvgIpc) is 2.12. The second kappa shape index (κ2) is 15.9. The zero-order chi connectivity index (χ0) is 11.4. The SMILES string of the molecule is CCCCC(=O)[O-].CCCCC(=O)[O-].[Ni+2]. The van der Waals surface area contributed by atoms with Gasteiger partial charge >= 0.3 is 16.5 Å². The van der Waals surface area contributed by atoms with E-state index in [2.05, 4.69) is 0 Å². The molecule has 0 heterocycles. The van der Waals surface area contributed by atoms with Crippen molar-refractivity contribution in [1.82, 2.24) is 0 Å². The van der Waals surface area contributed by atoms with Gasteiger partial charge in [-0.2, -0.15) is 0 Å². The normalized spacial score (nSPS) is 8.13. The Balaban J connectivity index is -0.000000180. The van der Waals surface area contributed by atoms with Gasteiger partial charge in [-0.3, -0.25) is 0 Å². The van der Waals surface area contributed by atoms with E-state index in [9.17, 15) is 19.8 Å². The van der Waals surface area contributed by atoms with Crippen LogP contribution in [0.25, 0.3) is 0 Å². The Morgan fingerprint density at radius 1 is 0.867 bits per heavy atom. The van der Waals surface area contributed by atoms with Gasteiger partial charge in [0.1, 0.15) is 0 Å². The van der Waals surface area contributed by atoms with Crippen LogP contribution in [-0.4, -0.2) is 11.9 Å². The molecule has 0 unspecified atom stereocenters. The van der Waals surface area contributed by atoms with E-state index in [1.165, 1.54) is 0 Å². The van der Waals surface area contributed by atoms with E-state index in [1.807, 2.05) is 13.8 Å². The summed E-state index contributed by atoms with van der Waals surface area (Å²) in [6.45, 7) is 3.89. The van der Waals surface area contributed by atoms with Gasteiger partial charge in [-0.15, -0.1) is 0 Å². The minimum atomic E-state index is -0.943. The Hall–Kier alpha value is -0.566. The maximum absolute atomic E-state index is 9.65. The molecule has 0 spiro atoms. The second-order valence-electron chi connectivity index (χ2n) is 2.95. The summed E-state index contributed by atoms with van der Waals surface area (Å²) in [5.74, 6) is -1.89. The standard InChI is InChI=1S/2C5H10O2.Ni/c2*1-2-3-4-5(6)7;/h2*2-4H2,1H3,(H,6,7);/q;;+2/p-2. The van der Waals surface area contributed by atoms with E-state index in [0.717, 1.165) is 25.7 Å². The maximum atomic E-state index is 9.65. The molecule has 0 aliphatic heterocycles. The first-order chi connectivity index (χ1) is 6.54. The Morgan fingerprint density at radius 2 is 1.13 bits per heavy atom. The molecule has 0 N–H and O–H groups in total. The molecule has 4 nitrogen and oxygen atoms in total. The molecule has 0 radical (unpaired) electrons. The Labute approximate surface area is 101 Å². The topological polar surface area (TPSA) is 80.3 Å². The smallest absolute Gasteiger partial charge is 0.550 e. The van der Waals surface area contributed by atoms with Crippen LogP contribution in [-0.2, 0) is 26.1 Å². The van der Waals surface area contributed by atoms with Gasteiger partial charge in [0.05, 0.1) is 0 Å². The fourth-order valence-electron chi connectivity index (χ4n) is 0.642. The number of carboxylic acids is 2. The molecule has 0 aromatic carbocycles. The zero-order valence-corrected chi connectivity index (χ0v) is 10.2. The zero-order valence-electron chi connectivity index (χ0n) is 9.19. The van der Waals surface area contributed by atoms with Crippen LogP contribution in [0.1, 0.15) is 52.4 Å². The number of hydrogen-bond donors (Lipinski definition) is 0. The van der Waals surface area contributed by atoms with Crippen LogP contribution in [0.2, 0.25) is 0 Å². The first-order valence-corrected chi connectivity index (χ1v) is 4.94. The molecule has 0 bridgehead atoms. The Morgan fingerprint density at radius 3 is 1.20 bits per heavy atom. The molecule has 0 aromatic rings. The van der Waals surface area contributed by atoms with E-state index in [-0.39, 0.29) is 29.3 Å². The van der Waals surface area contributed by atoms with Crippen molar-refractivity contribution >= 4 is 11.9 Å². The first-order valence-electron chi connectivity index (χ1n) is 4.94. The number of rotatable bonds is 6. The maximum Gasteiger partial charge on any atom is 2.00 e. The molecule has 0 saturated carbocycles. The minimum absolute atomic E-state index is 0. The van der Waals surface area contributed by atoms with Gasteiger partial charge in [0.2, 0.25) is 0 Å². The largest absolute Gasteiger partial charge is 2.00 e. The van der Waals surface area contributed by atoms with Crippen molar-refractivity contribution < 1.29 is 36.3 Å². The van der Waals surface area contributed by atoms with Crippen molar-refractivity contribution in [2.45, 2.75) is 52.4 Å². The van der Waals surface area contributed by atoms with Gasteiger partial charge in [-0.25, -0.2) is 0 Å². The monoisotopic (exact) mass is 260 g/mol. The van der Waals surface area contributed by atoms with Crippen LogP contribution in [0, 0.1) is 0 Å². The van der Waals surface area contributed by atoms with Crippen LogP contribution in [0.3, 0.4) is 0 Å². The fraction of sp³-hybridized carbons (Fsp3) is 0.800. The summed E-state index contributed by atoms with van der Waals surface area (Å²) in [4.78, 5) is 19.3. The summed E-state index contributed by atoms with van der Waals surface area (Å²) in [5, 5.41) is 19.3. The van der Waals surface area contributed by atoms with Crippen molar-refractivity contribution in [3.05, 3.63) is 0 Å². The predicted molar refractivity (Wildman–Crippen MR) is 49.1 cm³/mol. The summed E-state index contributed by atoms with van der Waals surface area (Å²) in [7, 11) is 0. The molecule has 0 rings (SSSR count). The number of carbonyl (C=O) groups is 2. The van der Waals surface area contributed by atoms with Gasteiger partial charge in [0.25, 0.3) is 0 Å². The van der Waals surface area contributed by atoms with Gasteiger partial charge in [-0.1, -0.05) is 26.7 Å². The molecule has 0 aliphatic carbocycles. The quantitative estimate of drug-likeness (QED) is 0.622. The fourth-order valence-corrected chi connectivity index (χ4v) is 0.642. The summed E-state index contributed by atoms with van der Waals surface area (Å²) >= 11 is 0. The molecule has 5 heteroatoms. The van der Waals surface area contributed by atoms with E-state index in [1.54, 1.807) is 0 Å². The van der Waals surface area contributed by atoms with Crippen LogP contribution < -0.4 is 10.2 Å². The summed E-state index contributed by atoms with van der Waals surface area (Å²) in [6, 6.07) is 0. The first kappa shape index (κ1) is 19.9. The van der Waals surface area contributed by atoms with Crippen molar-refractivity contribution in [1.29, 1.82) is 0 Å². The van der Waals surface area contributed by atoms with Crippen LogP contribution >= 0.6 is 0 Å². The Bertz CT molecular complexity index is 142. The third kappa shape index (κ3) is 31.8. The molecule has 0 fully saturated rings. The van der Waals surface area contributed by atoms with Gasteiger partial charge in [0.15, 0.2) is 0 Å². The van der Waals surface area contributed by atoms with Gasteiger partial charge < -0.3 is 19.8 Å². The van der Waals surface area contributed by atoms with Crippen LogP contribution in [0.4, 0.5) is 0 Å².